The van der Waals surface area contributed by atoms with Crippen molar-refractivity contribution in [3.8, 4) is 0 Å². The average Bonchev–Trinajstić information content (AvgIpc) is 2.55. The third-order valence-electron chi connectivity index (χ3n) is 1.92. The van der Waals surface area contributed by atoms with Crippen LogP contribution in [0.4, 0.5) is 0 Å². The van der Waals surface area contributed by atoms with E-state index in [0.29, 0.717) is 6.42 Å². The molecule has 0 spiro atoms. The van der Waals surface area contributed by atoms with Gasteiger partial charge in [-0.25, -0.2) is 0 Å². The Hall–Kier alpha value is -1.31. The summed E-state index contributed by atoms with van der Waals surface area (Å²) in [4.78, 5) is 13.9. The van der Waals surface area contributed by atoms with Gasteiger partial charge in [-0.15, -0.1) is 0 Å². The largest absolute Gasteiger partial charge is 0.361 e. The number of ketones is 1. The third kappa shape index (κ3) is 1.11. The second-order valence-corrected chi connectivity index (χ2v) is 2.72. The van der Waals surface area contributed by atoms with Crippen molar-refractivity contribution in [2.75, 3.05) is 0 Å². The fourth-order valence-corrected chi connectivity index (χ4v) is 1.34. The first kappa shape index (κ1) is 6.40. The minimum absolute atomic E-state index is 0.245. The molecule has 2 heteroatoms. The molecule has 2 nitrogen and oxygen atoms in total. The lowest BCUT2D eigenvalue weighted by atomic mass is 10.2. The molecule has 56 valence electrons. The predicted octanol–water partition coefficient (Wildman–Crippen LogP) is 1.76. The van der Waals surface area contributed by atoms with Crippen LogP contribution in [0.5, 0.6) is 0 Å². The second kappa shape index (κ2) is 2.38. The lowest BCUT2D eigenvalue weighted by Gasteiger charge is -1.93. The van der Waals surface area contributed by atoms with Crippen molar-refractivity contribution in [3.05, 3.63) is 30.1 Å². The van der Waals surface area contributed by atoms with Gasteiger partial charge >= 0.3 is 0 Å². The summed E-state index contributed by atoms with van der Waals surface area (Å²) >= 11 is 0. The number of nitrogens with one attached hydrogen (secondary N) is 1. The Labute approximate surface area is 64.9 Å². The molecule has 1 aromatic rings. The van der Waals surface area contributed by atoms with E-state index in [1.807, 2.05) is 18.3 Å². The van der Waals surface area contributed by atoms with Gasteiger partial charge in [-0.1, -0.05) is 0 Å². The summed E-state index contributed by atoms with van der Waals surface area (Å²) in [5.74, 6) is 0.245. The Morgan fingerprint density at radius 2 is 2.27 bits per heavy atom. The van der Waals surface area contributed by atoms with Crippen LogP contribution in [0.2, 0.25) is 0 Å². The number of aromatic amines is 1. The first-order chi connectivity index (χ1) is 5.36. The van der Waals surface area contributed by atoms with Gasteiger partial charge < -0.3 is 4.98 Å². The molecule has 0 aromatic carbocycles. The van der Waals surface area contributed by atoms with Gasteiger partial charge in [0.05, 0.1) is 0 Å². The van der Waals surface area contributed by atoms with Gasteiger partial charge in [-0.2, -0.15) is 0 Å². The molecule has 1 aliphatic rings. The zero-order valence-corrected chi connectivity index (χ0v) is 6.13. The fourth-order valence-electron chi connectivity index (χ4n) is 1.34. The maximum absolute atomic E-state index is 10.9. The Bertz CT molecular complexity index is 295. The molecule has 0 saturated heterocycles. The summed E-state index contributed by atoms with van der Waals surface area (Å²) < 4.78 is 0. The molecular weight excluding hydrogens is 138 g/mol. The van der Waals surface area contributed by atoms with Gasteiger partial charge in [0, 0.05) is 18.3 Å². The van der Waals surface area contributed by atoms with Crippen LogP contribution in [0.25, 0.3) is 5.57 Å². The lowest BCUT2D eigenvalue weighted by Crippen LogP contribution is -1.80. The topological polar surface area (TPSA) is 32.9 Å². The molecule has 0 amide bonds. The number of hydrogen-bond acceptors (Lipinski definition) is 1. The standard InChI is InChI=1S/C9H9NO/c11-8-4-3-7(6-8)9-2-1-5-10-9/h1-2,5-6,10H,3-4H2. The molecule has 0 fully saturated rings. The fraction of sp³-hybridized carbons (Fsp3) is 0.222. The van der Waals surface area contributed by atoms with Crippen molar-refractivity contribution >= 4 is 11.4 Å². The van der Waals surface area contributed by atoms with E-state index >= 15 is 0 Å². The highest BCUT2D eigenvalue weighted by Crippen LogP contribution is 2.23. The minimum Gasteiger partial charge on any atom is -0.361 e. The van der Waals surface area contributed by atoms with Crippen molar-refractivity contribution in [2.45, 2.75) is 12.8 Å². The average molecular weight is 147 g/mol. The molecule has 0 radical (unpaired) electrons. The molecule has 0 aliphatic heterocycles. The van der Waals surface area contributed by atoms with Crippen LogP contribution in [0, 0.1) is 0 Å². The number of rotatable bonds is 1. The van der Waals surface area contributed by atoms with Crippen LogP contribution in [-0.2, 0) is 4.79 Å². The molecule has 2 rings (SSSR count). The first-order valence-electron chi connectivity index (χ1n) is 3.73. The number of allylic oxidation sites excluding steroid dienone is 2. The number of aromatic nitrogens is 1. The zero-order chi connectivity index (χ0) is 7.68. The van der Waals surface area contributed by atoms with E-state index in [9.17, 15) is 4.79 Å². The van der Waals surface area contributed by atoms with E-state index in [-0.39, 0.29) is 5.78 Å². The number of carbonyl (C=O) groups excluding carboxylic acids is 1. The quantitative estimate of drug-likeness (QED) is 0.645. The van der Waals surface area contributed by atoms with E-state index in [2.05, 4.69) is 4.98 Å². The van der Waals surface area contributed by atoms with E-state index in [1.165, 1.54) is 0 Å². The highest BCUT2D eigenvalue weighted by Gasteiger charge is 2.13. The van der Waals surface area contributed by atoms with Gasteiger partial charge in [0.2, 0.25) is 0 Å². The Kier molecular flexibility index (Phi) is 1.39. The lowest BCUT2D eigenvalue weighted by molar-refractivity contribution is -0.114. The van der Waals surface area contributed by atoms with Gasteiger partial charge in [0.1, 0.15) is 0 Å². The van der Waals surface area contributed by atoms with Gasteiger partial charge in [-0.05, 0) is 30.2 Å². The third-order valence-corrected chi connectivity index (χ3v) is 1.92. The Balaban J connectivity index is 2.31. The van der Waals surface area contributed by atoms with Crippen LogP contribution in [0.3, 0.4) is 0 Å². The Morgan fingerprint density at radius 3 is 2.82 bits per heavy atom. The van der Waals surface area contributed by atoms with E-state index in [4.69, 9.17) is 0 Å². The monoisotopic (exact) mass is 147 g/mol. The predicted molar refractivity (Wildman–Crippen MR) is 43.0 cm³/mol. The molecule has 0 atom stereocenters. The van der Waals surface area contributed by atoms with Crippen molar-refractivity contribution in [3.63, 3.8) is 0 Å². The molecular formula is C9H9NO. The maximum Gasteiger partial charge on any atom is 0.156 e. The smallest absolute Gasteiger partial charge is 0.156 e. The molecule has 11 heavy (non-hydrogen) atoms. The van der Waals surface area contributed by atoms with E-state index in [1.54, 1.807) is 6.08 Å². The first-order valence-corrected chi connectivity index (χ1v) is 3.73. The number of hydrogen-bond donors (Lipinski definition) is 1. The zero-order valence-electron chi connectivity index (χ0n) is 6.13. The molecule has 0 bridgehead atoms. The highest BCUT2D eigenvalue weighted by atomic mass is 16.1. The van der Waals surface area contributed by atoms with Crippen LogP contribution >= 0.6 is 0 Å². The molecule has 1 aromatic heterocycles. The summed E-state index contributed by atoms with van der Waals surface area (Å²) in [6.45, 7) is 0. The van der Waals surface area contributed by atoms with Crippen LogP contribution in [0.1, 0.15) is 18.5 Å². The van der Waals surface area contributed by atoms with Crippen LogP contribution in [0.15, 0.2) is 24.4 Å². The molecule has 1 heterocycles. The molecule has 0 saturated carbocycles. The molecule has 1 N–H and O–H groups in total. The molecule has 0 unspecified atom stereocenters. The van der Waals surface area contributed by atoms with E-state index < -0.39 is 0 Å². The second-order valence-electron chi connectivity index (χ2n) is 2.72. The van der Waals surface area contributed by atoms with Gasteiger partial charge in [-0.3, -0.25) is 4.79 Å². The summed E-state index contributed by atoms with van der Waals surface area (Å²) in [5, 5.41) is 0. The van der Waals surface area contributed by atoms with Crippen molar-refractivity contribution in [1.29, 1.82) is 0 Å². The SMILES string of the molecule is O=C1C=C(c2ccc[nH]2)CC1. The van der Waals surface area contributed by atoms with Crippen LogP contribution < -0.4 is 0 Å². The number of H-pyrrole nitrogens is 1. The summed E-state index contributed by atoms with van der Waals surface area (Å²) in [7, 11) is 0. The summed E-state index contributed by atoms with van der Waals surface area (Å²) in [6.07, 6.45) is 5.17. The van der Waals surface area contributed by atoms with Crippen molar-refractivity contribution in [1.82, 2.24) is 4.98 Å². The maximum atomic E-state index is 10.9. The minimum atomic E-state index is 0.245. The van der Waals surface area contributed by atoms with Crippen LogP contribution in [-0.4, -0.2) is 10.8 Å². The van der Waals surface area contributed by atoms with Gasteiger partial charge in [0.15, 0.2) is 5.78 Å². The molecule has 1 aliphatic carbocycles. The van der Waals surface area contributed by atoms with Crippen molar-refractivity contribution in [2.24, 2.45) is 0 Å². The normalized spacial score (nSPS) is 17.1. The summed E-state index contributed by atoms with van der Waals surface area (Å²) in [6, 6.07) is 3.93. The van der Waals surface area contributed by atoms with E-state index in [0.717, 1.165) is 17.7 Å². The highest BCUT2D eigenvalue weighted by molar-refractivity contribution is 6.01. The van der Waals surface area contributed by atoms with Crippen molar-refractivity contribution < 1.29 is 4.79 Å². The number of carbonyl (C=O) groups is 1. The van der Waals surface area contributed by atoms with Gasteiger partial charge in [0.25, 0.3) is 0 Å². The summed E-state index contributed by atoms with van der Waals surface area (Å²) in [5.41, 5.74) is 2.22. The Morgan fingerprint density at radius 1 is 1.36 bits per heavy atom.